The van der Waals surface area contributed by atoms with Crippen molar-refractivity contribution in [2.75, 3.05) is 0 Å². The number of nitro groups is 1. The van der Waals surface area contributed by atoms with Crippen molar-refractivity contribution in [3.05, 3.63) is 74.3 Å². The number of rotatable bonds is 1. The fourth-order valence-electron chi connectivity index (χ4n) is 7.10. The predicted octanol–water partition coefficient (Wildman–Crippen LogP) is 6.29. The number of allylic oxidation sites excluding steroid dienone is 2. The van der Waals surface area contributed by atoms with E-state index in [1.807, 2.05) is 6.07 Å². The van der Waals surface area contributed by atoms with E-state index in [0.717, 1.165) is 12.3 Å². The SMILES string of the molecule is Cc1cccc2c1/C(=C1/c3ccc([N+](=O)[O-])cc3C3C1[C@H]1CC[C@@H]3C1)CCC2. The maximum atomic E-state index is 11.4. The molecule has 4 aliphatic rings. The standard InChI is InChI=1S/C25H25NO2/c1-14-4-2-5-15-6-3-7-20(22(14)15)25-19-11-10-18(26(27)28)13-21(19)23-16-8-9-17(12-16)24(23)25/h2,4-5,10-11,13,16-17,23-24H,3,6-9,12H2,1H3/b25-20-/t16-,17+,23?,24?/m1/s1. The number of nitro benzene ring substituents is 1. The zero-order chi connectivity index (χ0) is 19.0. The van der Waals surface area contributed by atoms with Gasteiger partial charge in [-0.3, -0.25) is 10.1 Å². The third-order valence-corrected chi connectivity index (χ3v) is 8.00. The molecule has 142 valence electrons. The summed E-state index contributed by atoms with van der Waals surface area (Å²) in [5.74, 6) is 2.56. The van der Waals surface area contributed by atoms with Crippen molar-refractivity contribution >= 4 is 16.8 Å². The Bertz CT molecular complexity index is 1050. The van der Waals surface area contributed by atoms with Crippen LogP contribution in [0.25, 0.3) is 11.1 Å². The summed E-state index contributed by atoms with van der Waals surface area (Å²) < 4.78 is 0. The second-order valence-electron chi connectivity index (χ2n) is 9.27. The molecule has 0 heterocycles. The van der Waals surface area contributed by atoms with E-state index in [9.17, 15) is 10.1 Å². The van der Waals surface area contributed by atoms with Crippen LogP contribution in [-0.2, 0) is 6.42 Å². The van der Waals surface area contributed by atoms with Crippen molar-refractivity contribution in [1.29, 1.82) is 0 Å². The molecule has 6 rings (SSSR count). The Hall–Kier alpha value is -2.42. The average Bonchev–Trinajstić information content (AvgIpc) is 3.38. The van der Waals surface area contributed by atoms with Gasteiger partial charge in [-0.05, 0) is 114 Å². The zero-order valence-corrected chi connectivity index (χ0v) is 16.3. The normalized spacial score (nSPS) is 32.2. The van der Waals surface area contributed by atoms with Gasteiger partial charge in [-0.15, -0.1) is 0 Å². The minimum absolute atomic E-state index is 0.228. The van der Waals surface area contributed by atoms with Crippen LogP contribution < -0.4 is 0 Å². The minimum atomic E-state index is -0.228. The highest BCUT2D eigenvalue weighted by molar-refractivity contribution is 5.97. The van der Waals surface area contributed by atoms with Gasteiger partial charge in [-0.2, -0.15) is 0 Å². The molecular formula is C25H25NO2. The molecule has 2 fully saturated rings. The first-order valence-corrected chi connectivity index (χ1v) is 10.7. The van der Waals surface area contributed by atoms with Crippen LogP contribution in [0.2, 0.25) is 0 Å². The third kappa shape index (κ3) is 2.10. The Morgan fingerprint density at radius 3 is 2.68 bits per heavy atom. The molecule has 0 spiro atoms. The van der Waals surface area contributed by atoms with Crippen molar-refractivity contribution in [2.45, 2.75) is 51.4 Å². The summed E-state index contributed by atoms with van der Waals surface area (Å²) in [4.78, 5) is 11.2. The van der Waals surface area contributed by atoms with Gasteiger partial charge in [0.05, 0.1) is 4.92 Å². The van der Waals surface area contributed by atoms with E-state index in [4.69, 9.17) is 0 Å². The van der Waals surface area contributed by atoms with Gasteiger partial charge < -0.3 is 0 Å². The van der Waals surface area contributed by atoms with Crippen molar-refractivity contribution in [2.24, 2.45) is 17.8 Å². The maximum Gasteiger partial charge on any atom is 0.269 e. The van der Waals surface area contributed by atoms with E-state index in [1.54, 1.807) is 17.2 Å². The lowest BCUT2D eigenvalue weighted by atomic mass is 9.74. The summed E-state index contributed by atoms with van der Waals surface area (Å²) in [5.41, 5.74) is 10.3. The van der Waals surface area contributed by atoms with Gasteiger partial charge in [0.25, 0.3) is 5.69 Å². The second kappa shape index (κ2) is 5.79. The summed E-state index contributed by atoms with van der Waals surface area (Å²) in [6, 6.07) is 12.4. The highest BCUT2D eigenvalue weighted by atomic mass is 16.6. The number of hydrogen-bond acceptors (Lipinski definition) is 2. The molecule has 2 aromatic rings. The molecule has 4 atom stereocenters. The summed E-state index contributed by atoms with van der Waals surface area (Å²) >= 11 is 0. The number of fused-ring (bicyclic) bond motifs is 8. The topological polar surface area (TPSA) is 43.1 Å². The summed E-state index contributed by atoms with van der Waals surface area (Å²) in [7, 11) is 0. The molecule has 3 heteroatoms. The molecular weight excluding hydrogens is 346 g/mol. The maximum absolute atomic E-state index is 11.4. The van der Waals surface area contributed by atoms with Crippen LogP contribution in [0.1, 0.15) is 65.8 Å². The third-order valence-electron chi connectivity index (χ3n) is 8.00. The van der Waals surface area contributed by atoms with Crippen molar-refractivity contribution in [3.8, 4) is 0 Å². The monoisotopic (exact) mass is 371 g/mol. The van der Waals surface area contributed by atoms with E-state index in [2.05, 4.69) is 31.2 Å². The number of nitrogens with zero attached hydrogens (tertiary/aromatic N) is 1. The van der Waals surface area contributed by atoms with Crippen LogP contribution in [0.3, 0.4) is 0 Å². The fourth-order valence-corrected chi connectivity index (χ4v) is 7.10. The van der Waals surface area contributed by atoms with Crippen LogP contribution >= 0.6 is 0 Å². The molecule has 0 N–H and O–H groups in total. The Morgan fingerprint density at radius 2 is 1.86 bits per heavy atom. The lowest BCUT2D eigenvalue weighted by molar-refractivity contribution is -0.384. The lowest BCUT2D eigenvalue weighted by Gasteiger charge is -2.30. The van der Waals surface area contributed by atoms with Crippen LogP contribution in [0.4, 0.5) is 5.69 Å². The van der Waals surface area contributed by atoms with Gasteiger partial charge in [-0.25, -0.2) is 0 Å². The molecule has 3 nitrogen and oxygen atoms in total. The van der Waals surface area contributed by atoms with E-state index in [0.29, 0.717) is 17.8 Å². The molecule has 0 saturated heterocycles. The first kappa shape index (κ1) is 16.5. The van der Waals surface area contributed by atoms with Crippen LogP contribution in [0.15, 0.2) is 36.4 Å². The highest BCUT2D eigenvalue weighted by Crippen LogP contribution is 2.67. The van der Waals surface area contributed by atoms with E-state index in [-0.39, 0.29) is 10.6 Å². The quantitative estimate of drug-likeness (QED) is 0.436. The van der Waals surface area contributed by atoms with Crippen LogP contribution in [0.5, 0.6) is 0 Å². The second-order valence-corrected chi connectivity index (χ2v) is 9.27. The van der Waals surface area contributed by atoms with E-state index >= 15 is 0 Å². The first-order chi connectivity index (χ1) is 13.6. The number of hydrogen-bond donors (Lipinski definition) is 0. The van der Waals surface area contributed by atoms with Crippen LogP contribution in [0, 0.1) is 34.8 Å². The van der Waals surface area contributed by atoms with Gasteiger partial charge in [0.1, 0.15) is 0 Å². The van der Waals surface area contributed by atoms with Crippen molar-refractivity contribution < 1.29 is 4.92 Å². The van der Waals surface area contributed by atoms with E-state index < -0.39 is 0 Å². The smallest absolute Gasteiger partial charge is 0.258 e. The Balaban J connectivity index is 1.63. The molecule has 28 heavy (non-hydrogen) atoms. The van der Waals surface area contributed by atoms with Crippen molar-refractivity contribution in [3.63, 3.8) is 0 Å². The number of non-ortho nitro benzene ring substituents is 1. The summed E-state index contributed by atoms with van der Waals surface area (Å²) in [5, 5.41) is 11.4. The Labute approximate surface area is 165 Å². The highest BCUT2D eigenvalue weighted by Gasteiger charge is 2.54. The number of benzene rings is 2. The molecule has 4 aliphatic carbocycles. The molecule has 2 bridgehead atoms. The van der Waals surface area contributed by atoms with Crippen molar-refractivity contribution in [1.82, 2.24) is 0 Å². The molecule has 2 aromatic carbocycles. The molecule has 0 aromatic heterocycles. The molecule has 2 unspecified atom stereocenters. The largest absolute Gasteiger partial charge is 0.269 e. The van der Waals surface area contributed by atoms with Gasteiger partial charge in [-0.1, -0.05) is 18.2 Å². The summed E-state index contributed by atoms with van der Waals surface area (Å²) in [6.07, 6.45) is 7.47. The first-order valence-electron chi connectivity index (χ1n) is 10.7. The Kier molecular flexibility index (Phi) is 3.42. The van der Waals surface area contributed by atoms with E-state index in [1.165, 1.54) is 59.9 Å². The number of aryl methyl sites for hydroxylation is 2. The minimum Gasteiger partial charge on any atom is -0.258 e. The van der Waals surface area contributed by atoms with Crippen LogP contribution in [-0.4, -0.2) is 4.92 Å². The molecule has 0 aliphatic heterocycles. The van der Waals surface area contributed by atoms with Gasteiger partial charge >= 0.3 is 0 Å². The van der Waals surface area contributed by atoms with Gasteiger partial charge in [0.2, 0.25) is 0 Å². The molecule has 0 amide bonds. The molecule has 2 saturated carbocycles. The Morgan fingerprint density at radius 1 is 1.04 bits per heavy atom. The summed E-state index contributed by atoms with van der Waals surface area (Å²) in [6.45, 7) is 2.24. The van der Waals surface area contributed by atoms with Gasteiger partial charge in [0, 0.05) is 12.1 Å². The van der Waals surface area contributed by atoms with Gasteiger partial charge in [0.15, 0.2) is 0 Å². The average molecular weight is 371 g/mol. The predicted molar refractivity (Wildman–Crippen MR) is 111 cm³/mol. The zero-order valence-electron chi connectivity index (χ0n) is 16.3. The lowest BCUT2D eigenvalue weighted by Crippen LogP contribution is -2.17. The fraction of sp³-hybridized carbons (Fsp3) is 0.440. The molecule has 0 radical (unpaired) electrons.